The third-order valence-corrected chi connectivity index (χ3v) is 6.16. The second-order valence-electron chi connectivity index (χ2n) is 8.51. The Morgan fingerprint density at radius 2 is 1.86 bits per heavy atom. The minimum absolute atomic E-state index is 0.0759. The van der Waals surface area contributed by atoms with E-state index in [1.165, 1.54) is 11.1 Å². The van der Waals surface area contributed by atoms with Crippen LogP contribution in [0.2, 0.25) is 0 Å². The highest BCUT2D eigenvalue weighted by Crippen LogP contribution is 2.29. The quantitative estimate of drug-likeness (QED) is 0.793. The van der Waals surface area contributed by atoms with Crippen molar-refractivity contribution in [1.82, 2.24) is 9.80 Å². The van der Waals surface area contributed by atoms with Gasteiger partial charge in [-0.3, -0.25) is 9.59 Å². The molecule has 0 N–H and O–H groups in total. The van der Waals surface area contributed by atoms with Crippen LogP contribution >= 0.6 is 0 Å². The zero-order chi connectivity index (χ0) is 20.5. The number of nitrogens with zero attached hydrogens (tertiary/aromatic N) is 2. The lowest BCUT2D eigenvalue weighted by Crippen LogP contribution is -2.53. The van der Waals surface area contributed by atoms with Crippen molar-refractivity contribution in [1.29, 1.82) is 0 Å². The average molecular weight is 399 g/mol. The summed E-state index contributed by atoms with van der Waals surface area (Å²) in [6.07, 6.45) is 3.51. The van der Waals surface area contributed by atoms with E-state index in [1.54, 1.807) is 6.26 Å². The maximum Gasteiger partial charge on any atom is 0.251 e. The SMILES string of the molecule is Cc1cc2occ(CC(=O)N3CCN(C(=O)C4CCCO4)CC3)c2cc1C(C)C. The summed E-state index contributed by atoms with van der Waals surface area (Å²) in [6.45, 7) is 9.42. The number of hydrogen-bond donors (Lipinski definition) is 0. The lowest BCUT2D eigenvalue weighted by molar-refractivity contribution is -0.145. The Balaban J connectivity index is 1.40. The number of rotatable bonds is 4. The highest BCUT2D eigenvalue weighted by molar-refractivity contribution is 5.89. The molecule has 6 heteroatoms. The Hall–Kier alpha value is -2.34. The molecule has 0 radical (unpaired) electrons. The van der Waals surface area contributed by atoms with Gasteiger partial charge in [0.1, 0.15) is 11.7 Å². The maximum absolute atomic E-state index is 12.9. The number of furan rings is 1. The van der Waals surface area contributed by atoms with Crippen molar-refractivity contribution in [3.8, 4) is 0 Å². The third-order valence-electron chi connectivity index (χ3n) is 6.16. The van der Waals surface area contributed by atoms with E-state index in [4.69, 9.17) is 9.15 Å². The molecule has 1 unspecified atom stereocenters. The number of piperazine rings is 1. The number of ether oxygens (including phenoxy) is 1. The van der Waals surface area contributed by atoms with Gasteiger partial charge in [0.25, 0.3) is 5.91 Å². The van der Waals surface area contributed by atoms with Gasteiger partial charge in [0.2, 0.25) is 5.91 Å². The molecule has 2 aliphatic heterocycles. The van der Waals surface area contributed by atoms with Crippen molar-refractivity contribution in [3.63, 3.8) is 0 Å². The fraction of sp³-hybridized carbons (Fsp3) is 0.565. The molecule has 2 saturated heterocycles. The van der Waals surface area contributed by atoms with Gasteiger partial charge in [-0.05, 0) is 48.9 Å². The van der Waals surface area contributed by atoms with E-state index in [-0.39, 0.29) is 17.9 Å². The molecule has 2 aromatic rings. The van der Waals surface area contributed by atoms with Crippen molar-refractivity contribution < 1.29 is 18.7 Å². The predicted molar refractivity (Wildman–Crippen MR) is 111 cm³/mol. The number of carbonyl (C=O) groups is 2. The number of hydrogen-bond acceptors (Lipinski definition) is 4. The highest BCUT2D eigenvalue weighted by atomic mass is 16.5. The molecule has 156 valence electrons. The van der Waals surface area contributed by atoms with E-state index in [1.807, 2.05) is 9.80 Å². The summed E-state index contributed by atoms with van der Waals surface area (Å²) in [5, 5.41) is 1.03. The predicted octanol–water partition coefficient (Wildman–Crippen LogP) is 3.26. The van der Waals surface area contributed by atoms with Crippen molar-refractivity contribution >= 4 is 22.8 Å². The van der Waals surface area contributed by atoms with Gasteiger partial charge in [0.05, 0.1) is 12.7 Å². The molecule has 1 aromatic carbocycles. The van der Waals surface area contributed by atoms with Gasteiger partial charge in [-0.25, -0.2) is 0 Å². The summed E-state index contributed by atoms with van der Waals surface area (Å²) in [7, 11) is 0. The highest BCUT2D eigenvalue weighted by Gasteiger charge is 2.31. The molecule has 1 aromatic heterocycles. The Bertz CT molecular complexity index is 903. The molecular weight excluding hydrogens is 368 g/mol. The van der Waals surface area contributed by atoms with Crippen LogP contribution in [-0.2, 0) is 20.7 Å². The molecule has 0 saturated carbocycles. The van der Waals surface area contributed by atoms with E-state index in [9.17, 15) is 9.59 Å². The first-order chi connectivity index (χ1) is 13.9. The van der Waals surface area contributed by atoms with Gasteiger partial charge >= 0.3 is 0 Å². The number of aryl methyl sites for hydroxylation is 1. The van der Waals surface area contributed by atoms with E-state index in [0.717, 1.165) is 29.4 Å². The maximum atomic E-state index is 12.9. The lowest BCUT2D eigenvalue weighted by atomic mass is 9.95. The third kappa shape index (κ3) is 4.04. The summed E-state index contributed by atoms with van der Waals surface area (Å²) in [5.74, 6) is 0.586. The van der Waals surface area contributed by atoms with Gasteiger partial charge in [0, 0.05) is 43.7 Å². The zero-order valence-electron chi connectivity index (χ0n) is 17.6. The summed E-state index contributed by atoms with van der Waals surface area (Å²) < 4.78 is 11.2. The van der Waals surface area contributed by atoms with Crippen LogP contribution in [-0.4, -0.2) is 60.5 Å². The molecule has 3 heterocycles. The molecule has 1 atom stereocenters. The van der Waals surface area contributed by atoms with Crippen LogP contribution in [0.4, 0.5) is 0 Å². The molecule has 29 heavy (non-hydrogen) atoms. The van der Waals surface area contributed by atoms with Crippen molar-refractivity contribution in [2.24, 2.45) is 0 Å². The lowest BCUT2D eigenvalue weighted by Gasteiger charge is -2.35. The first-order valence-corrected chi connectivity index (χ1v) is 10.6. The van der Waals surface area contributed by atoms with Crippen LogP contribution < -0.4 is 0 Å². The fourth-order valence-corrected chi connectivity index (χ4v) is 4.43. The average Bonchev–Trinajstić information content (AvgIpc) is 3.37. The molecule has 0 aliphatic carbocycles. The van der Waals surface area contributed by atoms with Crippen LogP contribution in [0.1, 0.15) is 49.3 Å². The number of fused-ring (bicyclic) bond motifs is 1. The molecule has 2 amide bonds. The van der Waals surface area contributed by atoms with Crippen LogP contribution in [0.25, 0.3) is 11.0 Å². The normalized spacial score (nSPS) is 20.1. The van der Waals surface area contributed by atoms with Crippen molar-refractivity contribution in [3.05, 3.63) is 35.1 Å². The first kappa shape index (κ1) is 20.0. The molecule has 2 aliphatic rings. The second-order valence-corrected chi connectivity index (χ2v) is 8.51. The molecule has 0 bridgehead atoms. The largest absolute Gasteiger partial charge is 0.464 e. The number of carbonyl (C=O) groups excluding carboxylic acids is 2. The smallest absolute Gasteiger partial charge is 0.251 e. The Morgan fingerprint density at radius 3 is 2.52 bits per heavy atom. The van der Waals surface area contributed by atoms with E-state index < -0.39 is 0 Å². The summed E-state index contributed by atoms with van der Waals surface area (Å²) in [4.78, 5) is 29.1. The number of benzene rings is 1. The Kier molecular flexibility index (Phi) is 5.63. The van der Waals surface area contributed by atoms with E-state index in [2.05, 4.69) is 32.9 Å². The zero-order valence-corrected chi connectivity index (χ0v) is 17.6. The Labute approximate surface area is 171 Å². The fourth-order valence-electron chi connectivity index (χ4n) is 4.43. The number of amides is 2. The van der Waals surface area contributed by atoms with Crippen LogP contribution in [0, 0.1) is 6.92 Å². The van der Waals surface area contributed by atoms with Gasteiger partial charge in [0.15, 0.2) is 0 Å². The van der Waals surface area contributed by atoms with Gasteiger partial charge < -0.3 is 19.0 Å². The van der Waals surface area contributed by atoms with Gasteiger partial charge in [-0.2, -0.15) is 0 Å². The monoisotopic (exact) mass is 398 g/mol. The van der Waals surface area contributed by atoms with E-state index >= 15 is 0 Å². The molecule has 6 nitrogen and oxygen atoms in total. The summed E-state index contributed by atoms with van der Waals surface area (Å²) >= 11 is 0. The first-order valence-electron chi connectivity index (χ1n) is 10.6. The van der Waals surface area contributed by atoms with Gasteiger partial charge in [-0.15, -0.1) is 0 Å². The van der Waals surface area contributed by atoms with Crippen molar-refractivity contribution in [2.45, 2.75) is 52.1 Å². The topological polar surface area (TPSA) is 63.0 Å². The minimum atomic E-state index is -0.284. The van der Waals surface area contributed by atoms with E-state index in [0.29, 0.717) is 45.1 Å². The van der Waals surface area contributed by atoms with Crippen LogP contribution in [0.3, 0.4) is 0 Å². The second kappa shape index (κ2) is 8.19. The minimum Gasteiger partial charge on any atom is -0.464 e. The summed E-state index contributed by atoms with van der Waals surface area (Å²) in [5.41, 5.74) is 4.27. The molecular formula is C23H30N2O4. The van der Waals surface area contributed by atoms with Crippen LogP contribution in [0.15, 0.2) is 22.8 Å². The molecule has 0 spiro atoms. The van der Waals surface area contributed by atoms with Crippen molar-refractivity contribution in [2.75, 3.05) is 32.8 Å². The molecule has 4 rings (SSSR count). The summed E-state index contributed by atoms with van der Waals surface area (Å²) in [6, 6.07) is 4.23. The standard InChI is InChI=1S/C23H30N2O4/c1-15(2)18-13-19-17(14-29-21(19)11-16(18)3)12-22(26)24-6-8-25(9-7-24)23(27)20-5-4-10-28-20/h11,13-15,20H,4-10,12H2,1-3H3. The Morgan fingerprint density at radius 1 is 1.14 bits per heavy atom. The molecule has 2 fully saturated rings. The van der Waals surface area contributed by atoms with Gasteiger partial charge in [-0.1, -0.05) is 13.8 Å². The van der Waals surface area contributed by atoms with Crippen LogP contribution in [0.5, 0.6) is 0 Å².